The predicted molar refractivity (Wildman–Crippen MR) is 113 cm³/mol. The fourth-order valence-corrected chi connectivity index (χ4v) is 4.57. The van der Waals surface area contributed by atoms with Gasteiger partial charge in [0.25, 0.3) is 0 Å². The predicted octanol–water partition coefficient (Wildman–Crippen LogP) is 6.17. The summed E-state index contributed by atoms with van der Waals surface area (Å²) in [6.07, 6.45) is 0.616. The molecule has 3 nitrogen and oxygen atoms in total. The fraction of sp³-hybridized carbons (Fsp3) is 0.391. The maximum absolute atomic E-state index is 14.6. The lowest BCUT2D eigenvalue weighted by Crippen LogP contribution is -2.58. The number of benzene rings is 2. The summed E-state index contributed by atoms with van der Waals surface area (Å²) < 4.78 is 20.4. The lowest BCUT2D eigenvalue weighted by molar-refractivity contribution is -0.184. The molecule has 6 heteroatoms. The number of halogens is 3. The Balaban J connectivity index is 2.23. The van der Waals surface area contributed by atoms with E-state index in [9.17, 15) is 14.0 Å². The average Bonchev–Trinajstić information content (AvgIpc) is 2.59. The van der Waals surface area contributed by atoms with Crippen molar-refractivity contribution in [2.24, 2.45) is 0 Å². The highest BCUT2D eigenvalue weighted by Crippen LogP contribution is 2.42. The molecule has 2 aromatic carbocycles. The third kappa shape index (κ3) is 3.86. The number of ketones is 2. The number of ether oxygens (including phenoxy) is 1. The largest absolute Gasteiger partial charge is 0.354 e. The van der Waals surface area contributed by atoms with Gasteiger partial charge in [0, 0.05) is 10.6 Å². The topological polar surface area (TPSA) is 43.4 Å². The number of hydrogen-bond acceptors (Lipinski definition) is 3. The molecule has 29 heavy (non-hydrogen) atoms. The average molecular weight is 437 g/mol. The van der Waals surface area contributed by atoms with Crippen LogP contribution in [0.4, 0.5) is 4.39 Å². The minimum atomic E-state index is -1.12. The van der Waals surface area contributed by atoms with E-state index in [0.717, 1.165) is 5.56 Å². The molecule has 1 aliphatic heterocycles. The van der Waals surface area contributed by atoms with Gasteiger partial charge in [-0.2, -0.15) is 0 Å². The molecule has 154 valence electrons. The van der Waals surface area contributed by atoms with Crippen LogP contribution in [0.1, 0.15) is 51.7 Å². The Bertz CT molecular complexity index is 962. The van der Waals surface area contributed by atoms with Crippen LogP contribution in [0.2, 0.25) is 10.0 Å². The number of carbonyl (C=O) groups excluding carboxylic acids is 2. The second-order valence-corrected chi connectivity index (χ2v) is 9.14. The Labute approximate surface area is 180 Å². The van der Waals surface area contributed by atoms with Crippen LogP contribution in [0.5, 0.6) is 0 Å². The standard InChI is InChI=1S/C23H23Cl2FO3/c1-6-12-7-8-13(18-16(25)10-14(24)11-17(18)26)9-15(12)19-20(27)22(2,3)29-23(4,5)21(19)28/h7-11,19H,6H2,1-5H3. The first-order valence-electron chi connectivity index (χ1n) is 9.45. The summed E-state index contributed by atoms with van der Waals surface area (Å²) >= 11 is 12.1. The van der Waals surface area contributed by atoms with Crippen LogP contribution < -0.4 is 0 Å². The van der Waals surface area contributed by atoms with Crippen molar-refractivity contribution in [2.45, 2.75) is 58.2 Å². The van der Waals surface area contributed by atoms with E-state index in [2.05, 4.69) is 0 Å². The lowest BCUT2D eigenvalue weighted by atomic mass is 9.73. The van der Waals surface area contributed by atoms with E-state index in [1.807, 2.05) is 13.0 Å². The van der Waals surface area contributed by atoms with Crippen LogP contribution >= 0.6 is 23.2 Å². The van der Waals surface area contributed by atoms with Gasteiger partial charge < -0.3 is 4.74 Å². The van der Waals surface area contributed by atoms with Gasteiger partial charge in [0.05, 0.1) is 5.02 Å². The second-order valence-electron chi connectivity index (χ2n) is 8.30. The van der Waals surface area contributed by atoms with E-state index in [0.29, 0.717) is 17.5 Å². The van der Waals surface area contributed by atoms with Crippen LogP contribution in [0.25, 0.3) is 11.1 Å². The minimum absolute atomic E-state index is 0.162. The third-order valence-electron chi connectivity index (χ3n) is 5.35. The summed E-state index contributed by atoms with van der Waals surface area (Å²) in [7, 11) is 0. The Morgan fingerprint density at radius 2 is 1.59 bits per heavy atom. The summed E-state index contributed by atoms with van der Waals surface area (Å²) in [5.41, 5.74) is -0.155. The zero-order valence-electron chi connectivity index (χ0n) is 17.0. The van der Waals surface area contributed by atoms with E-state index in [4.69, 9.17) is 27.9 Å². The first-order chi connectivity index (χ1) is 13.4. The fourth-order valence-electron chi connectivity index (χ4n) is 3.99. The van der Waals surface area contributed by atoms with Gasteiger partial charge in [0.15, 0.2) is 11.6 Å². The van der Waals surface area contributed by atoms with Crippen LogP contribution in [0, 0.1) is 5.82 Å². The van der Waals surface area contributed by atoms with E-state index in [-0.39, 0.29) is 27.2 Å². The summed E-state index contributed by atoms with van der Waals surface area (Å²) in [5, 5.41) is 0.357. The molecule has 0 atom stereocenters. The summed E-state index contributed by atoms with van der Waals surface area (Å²) in [6, 6.07) is 7.89. The summed E-state index contributed by atoms with van der Waals surface area (Å²) in [4.78, 5) is 26.4. The SMILES string of the molecule is CCc1ccc(-c2c(F)cc(Cl)cc2Cl)cc1C1C(=O)C(C)(C)OC(C)(C)C1=O. The molecule has 3 rings (SSSR count). The van der Waals surface area contributed by atoms with Crippen molar-refractivity contribution >= 4 is 34.8 Å². The molecular formula is C23H23Cl2FO3. The molecule has 0 bridgehead atoms. The highest BCUT2D eigenvalue weighted by atomic mass is 35.5. The number of rotatable bonds is 3. The van der Waals surface area contributed by atoms with Crippen LogP contribution in [0.15, 0.2) is 30.3 Å². The van der Waals surface area contributed by atoms with Gasteiger partial charge in [-0.1, -0.05) is 42.3 Å². The normalized spacial score (nSPS) is 18.9. The molecule has 1 aliphatic rings. The van der Waals surface area contributed by atoms with Gasteiger partial charge in [0.1, 0.15) is 22.9 Å². The van der Waals surface area contributed by atoms with Crippen molar-refractivity contribution in [3.8, 4) is 11.1 Å². The smallest absolute Gasteiger partial charge is 0.179 e. The van der Waals surface area contributed by atoms with Crippen molar-refractivity contribution in [3.05, 3.63) is 57.3 Å². The van der Waals surface area contributed by atoms with E-state index < -0.39 is 22.9 Å². The quantitative estimate of drug-likeness (QED) is 0.540. The maximum atomic E-state index is 14.6. The molecule has 1 heterocycles. The van der Waals surface area contributed by atoms with Crippen molar-refractivity contribution in [1.82, 2.24) is 0 Å². The van der Waals surface area contributed by atoms with Gasteiger partial charge in [-0.3, -0.25) is 9.59 Å². The molecule has 0 unspecified atom stereocenters. The van der Waals surface area contributed by atoms with Gasteiger partial charge >= 0.3 is 0 Å². The highest BCUT2D eigenvalue weighted by molar-refractivity contribution is 6.36. The van der Waals surface area contributed by atoms with Crippen LogP contribution in [0.3, 0.4) is 0 Å². The molecule has 0 spiro atoms. The monoisotopic (exact) mass is 436 g/mol. The molecule has 1 saturated heterocycles. The summed E-state index contributed by atoms with van der Waals surface area (Å²) in [6.45, 7) is 8.62. The molecule has 0 aliphatic carbocycles. The van der Waals surface area contributed by atoms with Gasteiger partial charge in [0.2, 0.25) is 0 Å². The number of hydrogen-bond donors (Lipinski definition) is 0. The number of aryl methyl sites for hydroxylation is 1. The molecule has 0 aromatic heterocycles. The van der Waals surface area contributed by atoms with Gasteiger partial charge in [-0.15, -0.1) is 0 Å². The molecule has 0 amide bonds. The number of Topliss-reactive ketones (excluding diaryl/α,β-unsaturated/α-hetero) is 2. The van der Waals surface area contributed by atoms with Crippen molar-refractivity contribution in [1.29, 1.82) is 0 Å². The minimum Gasteiger partial charge on any atom is -0.354 e. The van der Waals surface area contributed by atoms with Crippen molar-refractivity contribution in [2.75, 3.05) is 0 Å². The lowest BCUT2D eigenvalue weighted by Gasteiger charge is -2.43. The van der Waals surface area contributed by atoms with Gasteiger partial charge in [-0.25, -0.2) is 4.39 Å². The Kier molecular flexibility index (Phi) is 5.67. The van der Waals surface area contributed by atoms with Crippen molar-refractivity contribution < 1.29 is 18.7 Å². The molecule has 0 N–H and O–H groups in total. The molecule has 2 aromatic rings. The van der Waals surface area contributed by atoms with E-state index in [1.165, 1.54) is 12.1 Å². The zero-order chi connectivity index (χ0) is 21.7. The first kappa shape index (κ1) is 21.9. The maximum Gasteiger partial charge on any atom is 0.179 e. The molecule has 0 radical (unpaired) electrons. The van der Waals surface area contributed by atoms with Crippen LogP contribution in [-0.2, 0) is 20.7 Å². The third-order valence-corrected chi connectivity index (χ3v) is 5.87. The van der Waals surface area contributed by atoms with Crippen molar-refractivity contribution in [3.63, 3.8) is 0 Å². The van der Waals surface area contributed by atoms with E-state index >= 15 is 0 Å². The zero-order valence-corrected chi connectivity index (χ0v) is 18.5. The van der Waals surface area contributed by atoms with E-state index in [1.54, 1.807) is 39.8 Å². The first-order valence-corrected chi connectivity index (χ1v) is 10.2. The number of carbonyl (C=O) groups is 2. The Hall–Kier alpha value is -1.75. The Morgan fingerprint density at radius 1 is 1.00 bits per heavy atom. The highest BCUT2D eigenvalue weighted by Gasteiger charge is 2.53. The molecular weight excluding hydrogens is 414 g/mol. The van der Waals surface area contributed by atoms with Gasteiger partial charge in [-0.05, 0) is 69.0 Å². The Morgan fingerprint density at radius 3 is 2.10 bits per heavy atom. The second kappa shape index (κ2) is 7.50. The molecule has 0 saturated carbocycles. The molecule has 1 fully saturated rings. The summed E-state index contributed by atoms with van der Waals surface area (Å²) in [5.74, 6) is -2.17. The van der Waals surface area contributed by atoms with Crippen LogP contribution in [-0.4, -0.2) is 22.8 Å².